The van der Waals surface area contributed by atoms with E-state index in [0.717, 1.165) is 40.0 Å². The molecule has 1 aromatic heterocycles. The Morgan fingerprint density at radius 1 is 1.40 bits per heavy atom. The van der Waals surface area contributed by atoms with Crippen LogP contribution >= 0.6 is 11.3 Å². The highest BCUT2D eigenvalue weighted by Crippen LogP contribution is 2.33. The summed E-state index contributed by atoms with van der Waals surface area (Å²) in [6.45, 7) is 6.70. The Hall–Kier alpha value is -0.970. The molecule has 0 aliphatic rings. The summed E-state index contributed by atoms with van der Waals surface area (Å²) in [5, 5.41) is 0.758. The van der Waals surface area contributed by atoms with Crippen molar-refractivity contribution in [3.63, 3.8) is 0 Å². The highest BCUT2D eigenvalue weighted by molar-refractivity contribution is 7.19. The van der Waals surface area contributed by atoms with Crippen molar-refractivity contribution < 1.29 is 4.39 Å². The van der Waals surface area contributed by atoms with Gasteiger partial charge in [-0.3, -0.25) is 0 Å². The summed E-state index contributed by atoms with van der Waals surface area (Å²) in [5.74, 6) is 0.515. The van der Waals surface area contributed by atoms with Crippen LogP contribution in [0, 0.1) is 11.7 Å². The van der Waals surface area contributed by atoms with Crippen LogP contribution < -0.4 is 5.73 Å². The number of hydrogen-bond donors (Lipinski definition) is 1. The van der Waals surface area contributed by atoms with Gasteiger partial charge in [0, 0.05) is 34.6 Å². The fourth-order valence-corrected chi connectivity index (χ4v) is 3.65. The number of hydrogen-bond acceptors (Lipinski definition) is 3. The molecule has 1 unspecified atom stereocenters. The van der Waals surface area contributed by atoms with E-state index in [9.17, 15) is 4.39 Å². The maximum Gasteiger partial charge on any atom is 0.132 e. The van der Waals surface area contributed by atoms with Gasteiger partial charge < -0.3 is 10.6 Å². The van der Waals surface area contributed by atoms with Crippen molar-refractivity contribution in [2.24, 2.45) is 11.7 Å². The first-order valence-corrected chi connectivity index (χ1v) is 7.95. The minimum absolute atomic E-state index is 0.134. The molecule has 1 atom stereocenters. The third kappa shape index (κ3) is 3.19. The van der Waals surface area contributed by atoms with Crippen LogP contribution in [-0.4, -0.2) is 18.5 Å². The first kappa shape index (κ1) is 15.4. The second kappa shape index (κ2) is 6.66. The Balaban J connectivity index is 2.32. The molecule has 2 nitrogen and oxygen atoms in total. The minimum atomic E-state index is -0.134. The van der Waals surface area contributed by atoms with Gasteiger partial charge in [-0.1, -0.05) is 26.3 Å². The van der Waals surface area contributed by atoms with Crippen LogP contribution in [0.5, 0.6) is 0 Å². The molecule has 0 aliphatic heterocycles. The fraction of sp³-hybridized carbons (Fsp3) is 0.500. The second-order valence-corrected chi connectivity index (χ2v) is 6.67. The molecule has 4 heteroatoms. The molecule has 0 radical (unpaired) electrons. The Labute approximate surface area is 124 Å². The van der Waals surface area contributed by atoms with E-state index in [0.29, 0.717) is 12.5 Å². The number of halogens is 1. The Bertz CT molecular complexity index is 579. The van der Waals surface area contributed by atoms with E-state index >= 15 is 0 Å². The van der Waals surface area contributed by atoms with Crippen LogP contribution in [-0.2, 0) is 13.1 Å². The molecule has 1 aromatic carbocycles. The lowest BCUT2D eigenvalue weighted by molar-refractivity contribution is 0.275. The number of rotatable bonds is 6. The molecule has 0 amide bonds. The van der Waals surface area contributed by atoms with Crippen LogP contribution in [0.15, 0.2) is 18.2 Å². The predicted octanol–water partition coefficient (Wildman–Crippen LogP) is 3.98. The van der Waals surface area contributed by atoms with Crippen molar-refractivity contribution in [1.82, 2.24) is 4.90 Å². The average molecular weight is 294 g/mol. The van der Waals surface area contributed by atoms with E-state index < -0.39 is 0 Å². The summed E-state index contributed by atoms with van der Waals surface area (Å²) in [4.78, 5) is 3.36. The third-order valence-corrected chi connectivity index (χ3v) is 5.00. The standard InChI is InChI=1S/C16H23FN2S/c1-4-11(2)9-19(3)10-12-15(8-18)20-14-7-5-6-13(17)16(12)14/h5-7,11H,4,8-10,18H2,1-3H3. The van der Waals surface area contributed by atoms with E-state index in [1.165, 1.54) is 6.07 Å². The molecular formula is C16H23FN2S. The first-order chi connectivity index (χ1) is 9.56. The summed E-state index contributed by atoms with van der Waals surface area (Å²) in [7, 11) is 2.09. The summed E-state index contributed by atoms with van der Waals surface area (Å²) < 4.78 is 15.1. The lowest BCUT2D eigenvalue weighted by atomic mass is 10.1. The van der Waals surface area contributed by atoms with Gasteiger partial charge in [0.15, 0.2) is 0 Å². The molecule has 0 spiro atoms. The number of thiophene rings is 1. The predicted molar refractivity (Wildman–Crippen MR) is 85.5 cm³/mol. The van der Waals surface area contributed by atoms with Crippen LogP contribution in [0.3, 0.4) is 0 Å². The van der Waals surface area contributed by atoms with E-state index in [1.807, 2.05) is 6.07 Å². The van der Waals surface area contributed by atoms with Crippen molar-refractivity contribution in [3.8, 4) is 0 Å². The molecule has 0 bridgehead atoms. The molecule has 0 saturated heterocycles. The van der Waals surface area contributed by atoms with Gasteiger partial charge in [-0.15, -0.1) is 11.3 Å². The Kier molecular flexibility index (Phi) is 5.13. The van der Waals surface area contributed by atoms with Crippen molar-refractivity contribution in [1.29, 1.82) is 0 Å². The Morgan fingerprint density at radius 3 is 2.80 bits per heavy atom. The minimum Gasteiger partial charge on any atom is -0.326 e. The van der Waals surface area contributed by atoms with E-state index in [4.69, 9.17) is 5.73 Å². The Morgan fingerprint density at radius 2 is 2.15 bits per heavy atom. The zero-order valence-electron chi connectivity index (χ0n) is 12.4. The van der Waals surface area contributed by atoms with Gasteiger partial charge in [-0.05, 0) is 30.7 Å². The third-order valence-electron chi connectivity index (χ3n) is 3.78. The quantitative estimate of drug-likeness (QED) is 0.873. The van der Waals surface area contributed by atoms with Crippen LogP contribution in [0.1, 0.15) is 30.7 Å². The van der Waals surface area contributed by atoms with Gasteiger partial charge in [-0.2, -0.15) is 0 Å². The van der Waals surface area contributed by atoms with E-state index in [1.54, 1.807) is 17.4 Å². The zero-order valence-corrected chi connectivity index (χ0v) is 13.3. The van der Waals surface area contributed by atoms with Crippen LogP contribution in [0.25, 0.3) is 10.1 Å². The van der Waals surface area contributed by atoms with Gasteiger partial charge in [-0.25, -0.2) is 4.39 Å². The van der Waals surface area contributed by atoms with Crippen molar-refractivity contribution >= 4 is 21.4 Å². The second-order valence-electron chi connectivity index (χ2n) is 5.53. The maximum absolute atomic E-state index is 14.1. The maximum atomic E-state index is 14.1. The highest BCUT2D eigenvalue weighted by Gasteiger charge is 2.16. The number of nitrogens with two attached hydrogens (primary N) is 1. The number of fused-ring (bicyclic) bond motifs is 1. The first-order valence-electron chi connectivity index (χ1n) is 7.14. The normalized spacial score (nSPS) is 13.3. The molecule has 20 heavy (non-hydrogen) atoms. The summed E-state index contributed by atoms with van der Waals surface area (Å²) in [6, 6.07) is 5.27. The monoisotopic (exact) mass is 294 g/mol. The lowest BCUT2D eigenvalue weighted by Crippen LogP contribution is -2.24. The molecule has 2 aromatic rings. The smallest absolute Gasteiger partial charge is 0.132 e. The van der Waals surface area contributed by atoms with Crippen LogP contribution in [0.4, 0.5) is 4.39 Å². The van der Waals surface area contributed by atoms with Gasteiger partial charge in [0.2, 0.25) is 0 Å². The van der Waals surface area contributed by atoms with E-state index in [-0.39, 0.29) is 5.82 Å². The molecule has 2 rings (SSSR count). The lowest BCUT2D eigenvalue weighted by Gasteiger charge is -2.21. The number of nitrogens with zero attached hydrogens (tertiary/aromatic N) is 1. The molecule has 0 fully saturated rings. The summed E-state index contributed by atoms with van der Waals surface area (Å²) in [5.41, 5.74) is 6.90. The largest absolute Gasteiger partial charge is 0.326 e. The SMILES string of the molecule is CCC(C)CN(C)Cc1c(CN)sc2cccc(F)c12. The highest BCUT2D eigenvalue weighted by atomic mass is 32.1. The number of benzene rings is 1. The molecule has 110 valence electrons. The van der Waals surface area contributed by atoms with Gasteiger partial charge in [0.1, 0.15) is 5.82 Å². The van der Waals surface area contributed by atoms with Crippen molar-refractivity contribution in [2.75, 3.05) is 13.6 Å². The van der Waals surface area contributed by atoms with Gasteiger partial charge in [0.05, 0.1) is 0 Å². The van der Waals surface area contributed by atoms with E-state index in [2.05, 4.69) is 25.8 Å². The van der Waals surface area contributed by atoms with Crippen molar-refractivity contribution in [3.05, 3.63) is 34.5 Å². The molecular weight excluding hydrogens is 271 g/mol. The van der Waals surface area contributed by atoms with Gasteiger partial charge in [0.25, 0.3) is 0 Å². The topological polar surface area (TPSA) is 29.3 Å². The van der Waals surface area contributed by atoms with Crippen molar-refractivity contribution in [2.45, 2.75) is 33.4 Å². The van der Waals surface area contributed by atoms with Gasteiger partial charge >= 0.3 is 0 Å². The summed E-state index contributed by atoms with van der Waals surface area (Å²) >= 11 is 1.61. The van der Waals surface area contributed by atoms with Crippen LogP contribution in [0.2, 0.25) is 0 Å². The fourth-order valence-electron chi connectivity index (χ4n) is 2.54. The molecule has 2 N–H and O–H groups in total. The molecule has 0 saturated carbocycles. The molecule has 0 aliphatic carbocycles. The summed E-state index contributed by atoms with van der Waals surface area (Å²) in [6.07, 6.45) is 1.16. The molecule has 1 heterocycles. The average Bonchev–Trinajstić information content (AvgIpc) is 2.77. The zero-order chi connectivity index (χ0) is 14.7.